The summed E-state index contributed by atoms with van der Waals surface area (Å²) in [6.07, 6.45) is 0.992. The first kappa shape index (κ1) is 13.8. The largest absolute Gasteiger partial charge is 0.508 e. The van der Waals surface area contributed by atoms with Crippen molar-refractivity contribution in [3.8, 4) is 17.2 Å². The van der Waals surface area contributed by atoms with E-state index >= 15 is 0 Å². The fraction of sp³-hybridized carbons (Fsp3) is 0.294. The zero-order chi connectivity index (χ0) is 14.8. The summed E-state index contributed by atoms with van der Waals surface area (Å²) >= 11 is 0. The van der Waals surface area contributed by atoms with E-state index in [9.17, 15) is 10.2 Å². The van der Waals surface area contributed by atoms with E-state index in [1.165, 1.54) is 17.7 Å². The Kier molecular flexibility index (Phi) is 3.71. The summed E-state index contributed by atoms with van der Waals surface area (Å²) in [4.78, 5) is 0. The van der Waals surface area contributed by atoms with Gasteiger partial charge in [0.05, 0.1) is 0 Å². The van der Waals surface area contributed by atoms with Crippen molar-refractivity contribution >= 4 is 0 Å². The molecule has 0 aliphatic carbocycles. The van der Waals surface area contributed by atoms with Crippen molar-refractivity contribution in [2.45, 2.75) is 25.5 Å². The number of phenolic OH excluding ortho intramolecular Hbond substituents is 2. The van der Waals surface area contributed by atoms with E-state index in [4.69, 9.17) is 4.74 Å². The third-order valence-corrected chi connectivity index (χ3v) is 3.84. The van der Waals surface area contributed by atoms with Crippen molar-refractivity contribution in [2.75, 3.05) is 6.54 Å². The molecule has 3 rings (SSSR count). The molecular weight excluding hydrogens is 266 g/mol. The minimum absolute atomic E-state index is 0.0654. The molecule has 0 aromatic heterocycles. The van der Waals surface area contributed by atoms with E-state index in [2.05, 4.69) is 11.4 Å². The van der Waals surface area contributed by atoms with Crippen molar-refractivity contribution < 1.29 is 14.9 Å². The van der Waals surface area contributed by atoms with Gasteiger partial charge in [-0.25, -0.2) is 0 Å². The number of benzene rings is 2. The van der Waals surface area contributed by atoms with Gasteiger partial charge in [-0.05, 0) is 36.8 Å². The second kappa shape index (κ2) is 5.66. The Labute approximate surface area is 124 Å². The lowest BCUT2D eigenvalue weighted by Gasteiger charge is -2.18. The summed E-state index contributed by atoms with van der Waals surface area (Å²) in [7, 11) is 0. The van der Waals surface area contributed by atoms with Gasteiger partial charge in [0, 0.05) is 24.6 Å². The van der Waals surface area contributed by atoms with Gasteiger partial charge in [0.2, 0.25) is 0 Å². The molecule has 0 fully saturated rings. The molecule has 3 N–H and O–H groups in total. The highest BCUT2D eigenvalue weighted by molar-refractivity contribution is 5.40. The highest BCUT2D eigenvalue weighted by Crippen LogP contribution is 2.30. The van der Waals surface area contributed by atoms with Crippen LogP contribution in [0.25, 0.3) is 0 Å². The van der Waals surface area contributed by atoms with Gasteiger partial charge in [0.15, 0.2) is 0 Å². The summed E-state index contributed by atoms with van der Waals surface area (Å²) < 4.78 is 5.87. The van der Waals surface area contributed by atoms with Crippen LogP contribution in [0.5, 0.6) is 17.2 Å². The van der Waals surface area contributed by atoms with Crippen LogP contribution in [0.3, 0.4) is 0 Å². The number of phenols is 2. The number of nitrogens with one attached hydrogen (secondary N) is 1. The Bertz CT molecular complexity index is 617. The van der Waals surface area contributed by atoms with Gasteiger partial charge in [0.25, 0.3) is 0 Å². The minimum atomic E-state index is -0.0654. The van der Waals surface area contributed by atoms with Crippen LogP contribution in [0.1, 0.15) is 24.1 Å². The van der Waals surface area contributed by atoms with Crippen LogP contribution in [0.2, 0.25) is 0 Å². The molecule has 1 aliphatic heterocycles. The smallest absolute Gasteiger partial charge is 0.123 e. The van der Waals surface area contributed by atoms with Crippen LogP contribution in [-0.2, 0) is 6.42 Å². The highest BCUT2D eigenvalue weighted by Gasteiger charge is 2.23. The molecule has 4 heteroatoms. The fourth-order valence-electron chi connectivity index (χ4n) is 2.67. The summed E-state index contributed by atoms with van der Waals surface area (Å²) in [5.74, 6) is 1.29. The molecule has 4 nitrogen and oxygen atoms in total. The topological polar surface area (TPSA) is 61.7 Å². The number of aromatic hydroxyl groups is 2. The number of ether oxygens (including phenoxy) is 1. The molecule has 2 atom stereocenters. The van der Waals surface area contributed by atoms with E-state index in [0.29, 0.717) is 12.1 Å². The van der Waals surface area contributed by atoms with E-state index in [1.54, 1.807) is 6.07 Å². The van der Waals surface area contributed by atoms with E-state index in [0.717, 1.165) is 12.2 Å². The Morgan fingerprint density at radius 2 is 2.05 bits per heavy atom. The van der Waals surface area contributed by atoms with Crippen LogP contribution < -0.4 is 10.1 Å². The van der Waals surface area contributed by atoms with Crippen molar-refractivity contribution in [2.24, 2.45) is 0 Å². The van der Waals surface area contributed by atoms with E-state index < -0.39 is 0 Å². The maximum atomic E-state index is 9.86. The van der Waals surface area contributed by atoms with Gasteiger partial charge >= 0.3 is 0 Å². The zero-order valence-electron chi connectivity index (χ0n) is 11.9. The van der Waals surface area contributed by atoms with Gasteiger partial charge < -0.3 is 20.3 Å². The van der Waals surface area contributed by atoms with E-state index in [-0.39, 0.29) is 23.6 Å². The lowest BCUT2D eigenvalue weighted by Crippen LogP contribution is -2.31. The molecule has 0 saturated heterocycles. The fourth-order valence-corrected chi connectivity index (χ4v) is 2.67. The third-order valence-electron chi connectivity index (χ3n) is 3.84. The van der Waals surface area contributed by atoms with Crippen LogP contribution in [-0.4, -0.2) is 22.9 Å². The number of para-hydroxylation sites is 1. The Morgan fingerprint density at radius 3 is 2.86 bits per heavy atom. The molecule has 1 aliphatic rings. The van der Waals surface area contributed by atoms with Gasteiger partial charge in [-0.15, -0.1) is 0 Å². The predicted molar refractivity (Wildman–Crippen MR) is 80.8 cm³/mol. The lowest BCUT2D eigenvalue weighted by molar-refractivity contribution is 0.222. The quantitative estimate of drug-likeness (QED) is 0.756. The maximum Gasteiger partial charge on any atom is 0.123 e. The van der Waals surface area contributed by atoms with Crippen LogP contribution in [0, 0.1) is 0 Å². The number of fused-ring (bicyclic) bond motifs is 1. The Morgan fingerprint density at radius 1 is 1.24 bits per heavy atom. The predicted octanol–water partition coefficient (Wildman–Crippen LogP) is 2.75. The average Bonchev–Trinajstić information content (AvgIpc) is 2.90. The molecule has 0 radical (unpaired) electrons. The molecule has 2 aromatic rings. The standard InChI is InChI=1S/C17H19NO3/c1-11(15-9-13(19)6-7-16(15)20)18-10-14-8-12-4-2-3-5-17(12)21-14/h2-7,9,11,14,18-20H,8,10H2,1H3. The van der Waals surface area contributed by atoms with Crippen LogP contribution in [0.15, 0.2) is 42.5 Å². The number of hydrogen-bond acceptors (Lipinski definition) is 4. The maximum absolute atomic E-state index is 9.86. The van der Waals surface area contributed by atoms with Gasteiger partial charge in [-0.2, -0.15) is 0 Å². The van der Waals surface area contributed by atoms with Crippen molar-refractivity contribution in [3.63, 3.8) is 0 Å². The summed E-state index contributed by atoms with van der Waals surface area (Å²) in [5.41, 5.74) is 1.92. The molecule has 1 heterocycles. The molecule has 110 valence electrons. The monoisotopic (exact) mass is 285 g/mol. The second-order valence-corrected chi connectivity index (χ2v) is 5.42. The first-order valence-corrected chi connectivity index (χ1v) is 7.13. The summed E-state index contributed by atoms with van der Waals surface area (Å²) in [6, 6.07) is 12.6. The zero-order valence-corrected chi connectivity index (χ0v) is 11.9. The van der Waals surface area contributed by atoms with Gasteiger partial charge in [-0.3, -0.25) is 0 Å². The lowest BCUT2D eigenvalue weighted by atomic mass is 10.1. The second-order valence-electron chi connectivity index (χ2n) is 5.42. The van der Waals surface area contributed by atoms with Crippen LogP contribution in [0.4, 0.5) is 0 Å². The summed E-state index contributed by atoms with van der Waals surface area (Å²) in [6.45, 7) is 2.64. The van der Waals surface area contributed by atoms with Crippen molar-refractivity contribution in [3.05, 3.63) is 53.6 Å². The first-order valence-electron chi connectivity index (χ1n) is 7.13. The van der Waals surface area contributed by atoms with Crippen LogP contribution >= 0.6 is 0 Å². The molecule has 2 aromatic carbocycles. The van der Waals surface area contributed by atoms with Crippen molar-refractivity contribution in [1.29, 1.82) is 0 Å². The first-order chi connectivity index (χ1) is 10.1. The molecule has 2 unspecified atom stereocenters. The molecular formula is C17H19NO3. The molecule has 0 bridgehead atoms. The van der Waals surface area contributed by atoms with E-state index in [1.807, 2.05) is 25.1 Å². The highest BCUT2D eigenvalue weighted by atomic mass is 16.5. The average molecular weight is 285 g/mol. The van der Waals surface area contributed by atoms with Crippen molar-refractivity contribution in [1.82, 2.24) is 5.32 Å². The molecule has 0 spiro atoms. The summed E-state index contributed by atoms with van der Waals surface area (Å²) in [5, 5.41) is 22.7. The molecule has 0 saturated carbocycles. The third kappa shape index (κ3) is 2.95. The Balaban J connectivity index is 1.60. The number of rotatable bonds is 4. The van der Waals surface area contributed by atoms with Gasteiger partial charge in [-0.1, -0.05) is 18.2 Å². The Hall–Kier alpha value is -2.20. The molecule has 0 amide bonds. The van der Waals surface area contributed by atoms with Gasteiger partial charge in [0.1, 0.15) is 23.4 Å². The minimum Gasteiger partial charge on any atom is -0.508 e. The molecule has 21 heavy (non-hydrogen) atoms. The SMILES string of the molecule is CC(NCC1Cc2ccccc2O1)c1cc(O)ccc1O. The normalized spacial score (nSPS) is 18.0. The number of hydrogen-bond donors (Lipinski definition) is 3.